The van der Waals surface area contributed by atoms with E-state index < -0.39 is 0 Å². The molecule has 102 valence electrons. The minimum absolute atomic E-state index is 0.180. The first-order valence-corrected chi connectivity index (χ1v) is 6.70. The molecule has 0 aliphatic rings. The third-order valence-electron chi connectivity index (χ3n) is 3.55. The third-order valence-corrected chi connectivity index (χ3v) is 3.55. The van der Waals surface area contributed by atoms with Crippen molar-refractivity contribution in [2.45, 2.75) is 12.3 Å². The lowest BCUT2D eigenvalue weighted by molar-refractivity contribution is 0.498. The average molecular weight is 269 g/mol. The van der Waals surface area contributed by atoms with Crippen molar-refractivity contribution in [1.82, 2.24) is 0 Å². The van der Waals surface area contributed by atoms with E-state index in [2.05, 4.69) is 12.1 Å². The molecule has 0 saturated carbocycles. The molecule has 1 atom stereocenters. The molecule has 0 fully saturated rings. The van der Waals surface area contributed by atoms with Crippen molar-refractivity contribution in [2.75, 3.05) is 6.54 Å². The summed E-state index contributed by atoms with van der Waals surface area (Å²) < 4.78 is 19.2. The van der Waals surface area contributed by atoms with Crippen molar-refractivity contribution in [3.05, 3.63) is 71.7 Å². The van der Waals surface area contributed by atoms with Crippen molar-refractivity contribution in [2.24, 2.45) is 5.73 Å². The Hall–Kier alpha value is -2.13. The summed E-state index contributed by atoms with van der Waals surface area (Å²) in [6.07, 6.45) is 0.675. The van der Waals surface area contributed by atoms with E-state index in [4.69, 9.17) is 10.2 Å². The third kappa shape index (κ3) is 2.45. The van der Waals surface area contributed by atoms with Gasteiger partial charge in [-0.25, -0.2) is 4.39 Å². The van der Waals surface area contributed by atoms with Crippen molar-refractivity contribution in [3.63, 3.8) is 0 Å². The van der Waals surface area contributed by atoms with Gasteiger partial charge in [-0.05, 0) is 24.2 Å². The normalized spacial score (nSPS) is 12.7. The maximum absolute atomic E-state index is 13.6. The fourth-order valence-corrected chi connectivity index (χ4v) is 2.49. The molecule has 0 bridgehead atoms. The van der Waals surface area contributed by atoms with Gasteiger partial charge in [0, 0.05) is 17.7 Å². The SMILES string of the molecule is NCC(Cc1cc2cccc(F)c2o1)c1ccccc1. The zero-order chi connectivity index (χ0) is 13.9. The van der Waals surface area contributed by atoms with Gasteiger partial charge in [-0.2, -0.15) is 0 Å². The molecule has 0 amide bonds. The van der Waals surface area contributed by atoms with E-state index >= 15 is 0 Å². The second-order valence-corrected chi connectivity index (χ2v) is 4.92. The van der Waals surface area contributed by atoms with Crippen LogP contribution in [0.15, 0.2) is 59.0 Å². The maximum Gasteiger partial charge on any atom is 0.169 e. The summed E-state index contributed by atoms with van der Waals surface area (Å²) >= 11 is 0. The Morgan fingerprint density at radius 1 is 1.05 bits per heavy atom. The molecule has 0 saturated heterocycles. The molecule has 0 spiro atoms. The molecule has 3 rings (SSSR count). The summed E-state index contributed by atoms with van der Waals surface area (Å²) in [7, 11) is 0. The molecule has 20 heavy (non-hydrogen) atoms. The molecule has 0 aliphatic carbocycles. The van der Waals surface area contributed by atoms with Crippen LogP contribution in [0, 0.1) is 5.82 Å². The number of benzene rings is 2. The lowest BCUT2D eigenvalue weighted by atomic mass is 9.95. The summed E-state index contributed by atoms with van der Waals surface area (Å²) in [5.41, 5.74) is 7.36. The molecular formula is C17H16FNO. The van der Waals surface area contributed by atoms with Crippen LogP contribution in [0.1, 0.15) is 17.2 Å². The number of para-hydroxylation sites is 1. The first kappa shape index (κ1) is 12.9. The zero-order valence-corrected chi connectivity index (χ0v) is 11.1. The number of halogens is 1. The van der Waals surface area contributed by atoms with Crippen LogP contribution in [-0.2, 0) is 6.42 Å². The van der Waals surface area contributed by atoms with E-state index in [1.165, 1.54) is 11.6 Å². The van der Waals surface area contributed by atoms with E-state index in [0.717, 1.165) is 11.1 Å². The van der Waals surface area contributed by atoms with Gasteiger partial charge in [0.15, 0.2) is 11.4 Å². The van der Waals surface area contributed by atoms with Crippen molar-refractivity contribution in [1.29, 1.82) is 0 Å². The number of fused-ring (bicyclic) bond motifs is 1. The fourth-order valence-electron chi connectivity index (χ4n) is 2.49. The monoisotopic (exact) mass is 269 g/mol. The Kier molecular flexibility index (Phi) is 3.52. The van der Waals surface area contributed by atoms with Crippen molar-refractivity contribution in [3.8, 4) is 0 Å². The highest BCUT2D eigenvalue weighted by Gasteiger charge is 2.14. The summed E-state index contributed by atoms with van der Waals surface area (Å²) in [6.45, 7) is 0.531. The second kappa shape index (κ2) is 5.47. The molecule has 2 N–H and O–H groups in total. The summed E-state index contributed by atoms with van der Waals surface area (Å²) in [6, 6.07) is 16.9. The minimum Gasteiger partial charge on any atom is -0.458 e. The molecule has 3 heteroatoms. The summed E-state index contributed by atoms with van der Waals surface area (Å²) in [5, 5.41) is 0.795. The number of furan rings is 1. The van der Waals surface area contributed by atoms with Gasteiger partial charge >= 0.3 is 0 Å². The lowest BCUT2D eigenvalue weighted by Crippen LogP contribution is -2.14. The average Bonchev–Trinajstić information content (AvgIpc) is 2.90. The second-order valence-electron chi connectivity index (χ2n) is 4.92. The molecular weight excluding hydrogens is 253 g/mol. The predicted octanol–water partition coefficient (Wildman–Crippen LogP) is 3.86. The minimum atomic E-state index is -0.322. The maximum atomic E-state index is 13.6. The van der Waals surface area contributed by atoms with Crippen molar-refractivity contribution >= 4 is 11.0 Å². The van der Waals surface area contributed by atoms with Gasteiger partial charge in [0.2, 0.25) is 0 Å². The molecule has 1 heterocycles. The van der Waals surface area contributed by atoms with Crippen LogP contribution in [0.3, 0.4) is 0 Å². The number of rotatable bonds is 4. The quantitative estimate of drug-likeness (QED) is 0.781. The van der Waals surface area contributed by atoms with Crippen LogP contribution in [0.5, 0.6) is 0 Å². The first-order valence-electron chi connectivity index (χ1n) is 6.70. The Labute approximate surface area is 117 Å². The van der Waals surface area contributed by atoms with Gasteiger partial charge in [0.1, 0.15) is 5.76 Å². The number of hydrogen-bond donors (Lipinski definition) is 1. The largest absolute Gasteiger partial charge is 0.458 e. The predicted molar refractivity (Wildman–Crippen MR) is 78.1 cm³/mol. The van der Waals surface area contributed by atoms with Gasteiger partial charge in [0.05, 0.1) is 0 Å². The molecule has 0 aliphatic heterocycles. The van der Waals surface area contributed by atoms with E-state index in [0.29, 0.717) is 18.5 Å². The Balaban J connectivity index is 1.90. The fraction of sp³-hybridized carbons (Fsp3) is 0.176. The molecule has 3 aromatic rings. The smallest absolute Gasteiger partial charge is 0.169 e. The van der Waals surface area contributed by atoms with Crippen LogP contribution < -0.4 is 5.73 Å². The van der Waals surface area contributed by atoms with E-state index in [1.54, 1.807) is 6.07 Å². The van der Waals surface area contributed by atoms with Gasteiger partial charge < -0.3 is 10.2 Å². The standard InChI is InChI=1S/C17H16FNO/c18-16-8-4-7-13-9-15(20-17(13)16)10-14(11-19)12-5-2-1-3-6-12/h1-9,14H,10-11,19H2. The van der Waals surface area contributed by atoms with Gasteiger partial charge in [-0.1, -0.05) is 42.5 Å². The Morgan fingerprint density at radius 2 is 1.85 bits per heavy atom. The van der Waals surface area contributed by atoms with E-state index in [-0.39, 0.29) is 11.7 Å². The van der Waals surface area contributed by atoms with Gasteiger partial charge in [-0.3, -0.25) is 0 Å². The summed E-state index contributed by atoms with van der Waals surface area (Å²) in [4.78, 5) is 0. The van der Waals surface area contributed by atoms with Crippen LogP contribution in [0.2, 0.25) is 0 Å². The molecule has 1 aromatic heterocycles. The molecule has 2 nitrogen and oxygen atoms in total. The van der Waals surface area contributed by atoms with Gasteiger partial charge in [-0.15, -0.1) is 0 Å². The number of nitrogens with two attached hydrogens (primary N) is 1. The highest BCUT2D eigenvalue weighted by molar-refractivity contribution is 5.78. The highest BCUT2D eigenvalue weighted by atomic mass is 19.1. The van der Waals surface area contributed by atoms with Crippen molar-refractivity contribution < 1.29 is 8.81 Å². The molecule has 0 radical (unpaired) electrons. The number of hydrogen-bond acceptors (Lipinski definition) is 2. The van der Waals surface area contributed by atoms with Crippen LogP contribution in [-0.4, -0.2) is 6.54 Å². The Bertz CT molecular complexity index is 705. The van der Waals surface area contributed by atoms with E-state index in [9.17, 15) is 4.39 Å². The van der Waals surface area contributed by atoms with E-state index in [1.807, 2.05) is 30.3 Å². The van der Waals surface area contributed by atoms with Crippen LogP contribution in [0.25, 0.3) is 11.0 Å². The molecule has 1 unspecified atom stereocenters. The molecule has 2 aromatic carbocycles. The first-order chi connectivity index (χ1) is 9.78. The highest BCUT2D eigenvalue weighted by Crippen LogP contribution is 2.26. The Morgan fingerprint density at radius 3 is 2.55 bits per heavy atom. The summed E-state index contributed by atoms with van der Waals surface area (Å²) in [5.74, 6) is 0.627. The lowest BCUT2D eigenvalue weighted by Gasteiger charge is -2.13. The van der Waals surface area contributed by atoms with Gasteiger partial charge in [0.25, 0.3) is 0 Å². The van der Waals surface area contributed by atoms with Crippen LogP contribution in [0.4, 0.5) is 4.39 Å². The zero-order valence-electron chi connectivity index (χ0n) is 11.1. The van der Waals surface area contributed by atoms with Crippen LogP contribution >= 0.6 is 0 Å². The topological polar surface area (TPSA) is 39.2 Å².